The van der Waals surface area contributed by atoms with Crippen LogP contribution in [0, 0.1) is 5.82 Å². The molecule has 0 saturated carbocycles. The molecule has 1 heterocycles. The zero-order valence-electron chi connectivity index (χ0n) is 15.4. The summed E-state index contributed by atoms with van der Waals surface area (Å²) in [4.78, 5) is 4.63. The Kier molecular flexibility index (Phi) is 7.61. The first-order valence-corrected chi connectivity index (χ1v) is 9.66. The lowest BCUT2D eigenvalue weighted by atomic mass is 10.2. The molecule has 0 aromatic heterocycles. The Labute approximate surface area is 165 Å². The van der Waals surface area contributed by atoms with Crippen molar-refractivity contribution >= 4 is 11.6 Å². The van der Waals surface area contributed by atoms with E-state index in [1.807, 2.05) is 18.2 Å². The minimum atomic E-state index is -0.573. The van der Waals surface area contributed by atoms with Crippen molar-refractivity contribution < 1.29 is 14.2 Å². The van der Waals surface area contributed by atoms with Gasteiger partial charge in [-0.25, -0.2) is 4.39 Å². The molecule has 0 bridgehead atoms. The molecule has 4 nitrogen and oxygen atoms in total. The number of nitrogens with zero attached hydrogens (tertiary/aromatic N) is 2. The van der Waals surface area contributed by atoms with E-state index >= 15 is 0 Å². The molecule has 1 unspecified atom stereocenters. The summed E-state index contributed by atoms with van der Waals surface area (Å²) in [5.41, 5.74) is 1.73. The maximum absolute atomic E-state index is 13.5. The van der Waals surface area contributed by atoms with E-state index in [0.717, 1.165) is 37.7 Å². The highest BCUT2D eigenvalue weighted by molar-refractivity contribution is 6.30. The van der Waals surface area contributed by atoms with Crippen molar-refractivity contribution in [2.45, 2.75) is 19.3 Å². The summed E-state index contributed by atoms with van der Waals surface area (Å²) in [6.45, 7) is 5.57. The first-order valence-electron chi connectivity index (χ1n) is 9.28. The molecular weight excluding hydrogens is 367 g/mol. The van der Waals surface area contributed by atoms with Crippen molar-refractivity contribution in [1.29, 1.82) is 0 Å². The molecular formula is C21H26ClFN2O2. The van der Waals surface area contributed by atoms with E-state index in [2.05, 4.69) is 15.9 Å². The number of hydrogen-bond donors (Lipinski definition) is 1. The zero-order chi connectivity index (χ0) is 19.1. The van der Waals surface area contributed by atoms with Gasteiger partial charge >= 0.3 is 0 Å². The Morgan fingerprint density at radius 3 is 2.52 bits per heavy atom. The Hall–Kier alpha value is -1.50. The van der Waals surface area contributed by atoms with Crippen molar-refractivity contribution in [3.05, 3.63) is 70.5 Å². The van der Waals surface area contributed by atoms with Crippen LogP contribution in [0.2, 0.25) is 5.02 Å². The van der Waals surface area contributed by atoms with Gasteiger partial charge in [0.1, 0.15) is 5.82 Å². The summed E-state index contributed by atoms with van der Waals surface area (Å²) in [7, 11) is 0. The van der Waals surface area contributed by atoms with Gasteiger partial charge in [0.05, 0.1) is 19.3 Å². The predicted molar refractivity (Wildman–Crippen MR) is 105 cm³/mol. The summed E-state index contributed by atoms with van der Waals surface area (Å²) in [5.74, 6) is -0.275. The molecule has 1 saturated heterocycles. The van der Waals surface area contributed by atoms with E-state index in [9.17, 15) is 9.50 Å². The molecule has 2 aromatic rings. The van der Waals surface area contributed by atoms with Crippen LogP contribution in [0.15, 0.2) is 48.5 Å². The van der Waals surface area contributed by atoms with Crippen molar-refractivity contribution in [2.75, 3.05) is 39.3 Å². The largest absolute Gasteiger partial charge is 0.389 e. The van der Waals surface area contributed by atoms with Crippen LogP contribution >= 0.6 is 11.6 Å². The second-order valence-corrected chi connectivity index (χ2v) is 7.40. The molecule has 0 radical (unpaired) electrons. The van der Waals surface area contributed by atoms with Gasteiger partial charge in [-0.1, -0.05) is 41.9 Å². The quantitative estimate of drug-likeness (QED) is 0.748. The van der Waals surface area contributed by atoms with E-state index in [1.165, 1.54) is 11.6 Å². The third kappa shape index (κ3) is 6.55. The SMILES string of the molecule is OC(COCc1ccccc1F)CN1CCN(Cc2cccc(Cl)c2)CC1. The Balaban J connectivity index is 1.34. The number of ether oxygens (including phenoxy) is 1. The Morgan fingerprint density at radius 1 is 1.04 bits per heavy atom. The van der Waals surface area contributed by atoms with E-state index in [4.69, 9.17) is 16.3 Å². The summed E-state index contributed by atoms with van der Waals surface area (Å²) < 4.78 is 19.0. The first-order chi connectivity index (χ1) is 13.1. The van der Waals surface area contributed by atoms with Crippen LogP contribution in [0.1, 0.15) is 11.1 Å². The number of halogens is 2. The molecule has 146 valence electrons. The predicted octanol–water partition coefficient (Wildman–Crippen LogP) is 3.17. The number of aliphatic hydroxyl groups excluding tert-OH is 1. The average molecular weight is 393 g/mol. The highest BCUT2D eigenvalue weighted by Gasteiger charge is 2.19. The van der Waals surface area contributed by atoms with Crippen LogP contribution in [-0.4, -0.2) is 60.3 Å². The molecule has 3 rings (SSSR count). The van der Waals surface area contributed by atoms with Gasteiger partial charge in [-0.3, -0.25) is 9.80 Å². The van der Waals surface area contributed by atoms with Crippen molar-refractivity contribution in [1.82, 2.24) is 9.80 Å². The van der Waals surface area contributed by atoms with Crippen LogP contribution < -0.4 is 0 Å². The van der Waals surface area contributed by atoms with Gasteiger partial charge in [-0.15, -0.1) is 0 Å². The monoisotopic (exact) mass is 392 g/mol. The van der Waals surface area contributed by atoms with E-state index in [0.29, 0.717) is 12.1 Å². The lowest BCUT2D eigenvalue weighted by molar-refractivity contribution is 0.000255. The van der Waals surface area contributed by atoms with Gasteiger partial charge in [0.25, 0.3) is 0 Å². The fourth-order valence-corrected chi connectivity index (χ4v) is 3.51. The molecule has 0 aliphatic carbocycles. The van der Waals surface area contributed by atoms with Crippen LogP contribution in [0.5, 0.6) is 0 Å². The number of hydrogen-bond acceptors (Lipinski definition) is 4. The Morgan fingerprint density at radius 2 is 1.78 bits per heavy atom. The van der Waals surface area contributed by atoms with Gasteiger partial charge in [-0.05, 0) is 23.8 Å². The normalized spacial score (nSPS) is 17.1. The topological polar surface area (TPSA) is 35.9 Å². The summed E-state index contributed by atoms with van der Waals surface area (Å²) in [6, 6.07) is 14.5. The molecule has 1 N–H and O–H groups in total. The van der Waals surface area contributed by atoms with E-state index in [1.54, 1.807) is 18.2 Å². The summed E-state index contributed by atoms with van der Waals surface area (Å²) >= 11 is 6.05. The molecule has 6 heteroatoms. The number of piperazine rings is 1. The number of β-amino-alcohol motifs (C(OH)–C–C–N with tert-alkyl or cyclic N) is 1. The minimum absolute atomic E-state index is 0.178. The summed E-state index contributed by atoms with van der Waals surface area (Å²) in [6.07, 6.45) is -0.573. The van der Waals surface area contributed by atoms with Crippen molar-refractivity contribution in [3.8, 4) is 0 Å². The highest BCUT2D eigenvalue weighted by Crippen LogP contribution is 2.14. The van der Waals surface area contributed by atoms with E-state index in [-0.39, 0.29) is 19.0 Å². The van der Waals surface area contributed by atoms with Crippen LogP contribution in [-0.2, 0) is 17.9 Å². The standard InChI is InChI=1S/C21H26ClFN2O2/c22-19-6-3-4-17(12-19)13-24-8-10-25(11-9-24)14-20(26)16-27-15-18-5-1-2-7-21(18)23/h1-7,12,20,26H,8-11,13-16H2. The maximum atomic E-state index is 13.5. The second-order valence-electron chi connectivity index (χ2n) is 6.97. The van der Waals surface area contributed by atoms with E-state index < -0.39 is 6.10 Å². The minimum Gasteiger partial charge on any atom is -0.389 e. The molecule has 27 heavy (non-hydrogen) atoms. The number of rotatable bonds is 8. The molecule has 1 aliphatic rings. The fourth-order valence-electron chi connectivity index (χ4n) is 3.29. The van der Waals surface area contributed by atoms with Gasteiger partial charge < -0.3 is 9.84 Å². The molecule has 1 aliphatic heterocycles. The average Bonchev–Trinajstić information content (AvgIpc) is 2.65. The molecule has 1 fully saturated rings. The molecule has 0 amide bonds. The van der Waals surface area contributed by atoms with Crippen LogP contribution in [0.25, 0.3) is 0 Å². The summed E-state index contributed by atoms with van der Waals surface area (Å²) in [5, 5.41) is 11.0. The lowest BCUT2D eigenvalue weighted by Gasteiger charge is -2.35. The fraction of sp³-hybridized carbons (Fsp3) is 0.429. The third-order valence-electron chi connectivity index (χ3n) is 4.75. The van der Waals surface area contributed by atoms with Gasteiger partial charge in [0.15, 0.2) is 0 Å². The van der Waals surface area contributed by atoms with Crippen LogP contribution in [0.3, 0.4) is 0 Å². The van der Waals surface area contributed by atoms with Gasteiger partial charge in [0, 0.05) is 49.9 Å². The number of aliphatic hydroxyl groups is 1. The highest BCUT2D eigenvalue weighted by atomic mass is 35.5. The maximum Gasteiger partial charge on any atom is 0.128 e. The Bertz CT molecular complexity index is 723. The van der Waals surface area contributed by atoms with Gasteiger partial charge in [0.2, 0.25) is 0 Å². The van der Waals surface area contributed by atoms with Gasteiger partial charge in [-0.2, -0.15) is 0 Å². The first kappa shape index (κ1) is 20.2. The second kappa shape index (κ2) is 10.2. The third-order valence-corrected chi connectivity index (χ3v) is 4.99. The zero-order valence-corrected chi connectivity index (χ0v) is 16.1. The van der Waals surface area contributed by atoms with Crippen molar-refractivity contribution in [2.24, 2.45) is 0 Å². The number of benzene rings is 2. The van der Waals surface area contributed by atoms with Crippen LogP contribution in [0.4, 0.5) is 4.39 Å². The molecule has 1 atom stereocenters. The molecule has 2 aromatic carbocycles. The molecule has 0 spiro atoms. The lowest BCUT2D eigenvalue weighted by Crippen LogP contribution is -2.48. The van der Waals surface area contributed by atoms with Crippen molar-refractivity contribution in [3.63, 3.8) is 0 Å². The smallest absolute Gasteiger partial charge is 0.128 e.